The quantitative estimate of drug-likeness (QED) is 0.286. The minimum Gasteiger partial charge on any atom is -0.494 e. The normalized spacial score (nSPS) is 14.9. The summed E-state index contributed by atoms with van der Waals surface area (Å²) < 4.78 is 21.7. The second kappa shape index (κ2) is 13.3. The van der Waals surface area contributed by atoms with E-state index in [1.807, 2.05) is 20.8 Å². The number of methoxy groups -OCH3 is 3. The SMILES string of the molecule is COc1ccc(C(=O)CC(CN2CCN(C(=O)OC(C)(C)C)CC2)C(=O)c2ccc(OC)c(Br)n2)cc1OC. The summed E-state index contributed by atoms with van der Waals surface area (Å²) in [6.45, 7) is 7.86. The Hall–Kier alpha value is -3.18. The second-order valence-corrected chi connectivity index (χ2v) is 11.0. The molecule has 0 spiro atoms. The zero-order valence-electron chi connectivity index (χ0n) is 23.3. The number of benzene rings is 1. The molecule has 11 heteroatoms. The van der Waals surface area contributed by atoms with Gasteiger partial charge >= 0.3 is 6.09 Å². The number of carbonyl (C=O) groups is 3. The van der Waals surface area contributed by atoms with Crippen molar-refractivity contribution in [2.45, 2.75) is 32.8 Å². The Morgan fingerprint density at radius 2 is 1.54 bits per heavy atom. The zero-order chi connectivity index (χ0) is 28.7. The Bertz CT molecular complexity index is 1190. The van der Waals surface area contributed by atoms with Gasteiger partial charge in [-0.05, 0) is 67.0 Å². The molecule has 1 saturated heterocycles. The highest BCUT2D eigenvalue weighted by Gasteiger charge is 2.31. The van der Waals surface area contributed by atoms with Gasteiger partial charge in [-0.15, -0.1) is 0 Å². The van der Waals surface area contributed by atoms with E-state index in [0.29, 0.717) is 60.1 Å². The van der Waals surface area contributed by atoms with Gasteiger partial charge < -0.3 is 23.8 Å². The first kappa shape index (κ1) is 30.4. The van der Waals surface area contributed by atoms with E-state index < -0.39 is 11.5 Å². The molecular formula is C28H36BrN3O7. The first-order chi connectivity index (χ1) is 18.4. The van der Waals surface area contributed by atoms with Crippen molar-refractivity contribution in [1.82, 2.24) is 14.8 Å². The molecule has 0 saturated carbocycles. The molecule has 1 unspecified atom stereocenters. The molecule has 0 aliphatic carbocycles. The first-order valence-electron chi connectivity index (χ1n) is 12.7. The summed E-state index contributed by atoms with van der Waals surface area (Å²) in [5.41, 5.74) is 0.0832. The number of ketones is 2. The predicted octanol–water partition coefficient (Wildman–Crippen LogP) is 4.49. The Morgan fingerprint density at radius 3 is 2.10 bits per heavy atom. The van der Waals surface area contributed by atoms with Crippen LogP contribution in [-0.2, 0) is 4.74 Å². The van der Waals surface area contributed by atoms with Crippen molar-refractivity contribution < 1.29 is 33.3 Å². The Balaban J connectivity index is 1.78. The van der Waals surface area contributed by atoms with E-state index in [4.69, 9.17) is 18.9 Å². The Morgan fingerprint density at radius 1 is 0.923 bits per heavy atom. The van der Waals surface area contributed by atoms with Crippen molar-refractivity contribution in [2.24, 2.45) is 5.92 Å². The van der Waals surface area contributed by atoms with Gasteiger partial charge in [0.25, 0.3) is 0 Å². The monoisotopic (exact) mass is 605 g/mol. The molecular weight excluding hydrogens is 570 g/mol. The number of halogens is 1. The predicted molar refractivity (Wildman–Crippen MR) is 149 cm³/mol. The van der Waals surface area contributed by atoms with Gasteiger partial charge in [0.05, 0.1) is 21.3 Å². The van der Waals surface area contributed by atoms with Crippen LogP contribution in [0.4, 0.5) is 4.79 Å². The summed E-state index contributed by atoms with van der Waals surface area (Å²) in [4.78, 5) is 47.6. The third-order valence-corrected chi connectivity index (χ3v) is 6.87. The maximum atomic E-state index is 13.7. The molecule has 10 nitrogen and oxygen atoms in total. The van der Waals surface area contributed by atoms with Gasteiger partial charge in [-0.2, -0.15) is 0 Å². The molecule has 3 rings (SSSR count). The maximum Gasteiger partial charge on any atom is 0.410 e. The highest BCUT2D eigenvalue weighted by molar-refractivity contribution is 9.10. The molecule has 1 amide bonds. The van der Waals surface area contributed by atoms with E-state index in [9.17, 15) is 14.4 Å². The number of amides is 1. The molecule has 1 aromatic carbocycles. The highest BCUT2D eigenvalue weighted by Crippen LogP contribution is 2.29. The third-order valence-electron chi connectivity index (χ3n) is 6.30. The number of Topliss-reactive ketones (excluding diaryl/α,β-unsaturated/α-hetero) is 2. The van der Waals surface area contributed by atoms with Gasteiger partial charge in [0.1, 0.15) is 15.9 Å². The number of hydrogen-bond donors (Lipinski definition) is 0. The van der Waals surface area contributed by atoms with Crippen molar-refractivity contribution >= 4 is 33.6 Å². The topological polar surface area (TPSA) is 108 Å². The molecule has 0 radical (unpaired) electrons. The van der Waals surface area contributed by atoms with E-state index in [2.05, 4.69) is 25.8 Å². The van der Waals surface area contributed by atoms with Crippen molar-refractivity contribution in [2.75, 3.05) is 54.1 Å². The van der Waals surface area contributed by atoms with Crippen molar-refractivity contribution in [3.8, 4) is 17.2 Å². The number of piperazine rings is 1. The van der Waals surface area contributed by atoms with Crippen LogP contribution in [0.25, 0.3) is 0 Å². The minimum atomic E-state index is -0.661. The fourth-order valence-electron chi connectivity index (χ4n) is 4.26. The van der Waals surface area contributed by atoms with Gasteiger partial charge in [0.2, 0.25) is 0 Å². The average Bonchev–Trinajstić information content (AvgIpc) is 2.91. The smallest absolute Gasteiger partial charge is 0.410 e. The number of aromatic nitrogens is 1. The molecule has 2 heterocycles. The summed E-state index contributed by atoms with van der Waals surface area (Å²) in [6, 6.07) is 8.20. The molecule has 0 N–H and O–H groups in total. The van der Waals surface area contributed by atoms with Gasteiger partial charge in [0.15, 0.2) is 28.8 Å². The largest absolute Gasteiger partial charge is 0.494 e. The average molecular weight is 607 g/mol. The summed E-state index contributed by atoms with van der Waals surface area (Å²) in [6.07, 6.45) is -0.378. The fourth-order valence-corrected chi connectivity index (χ4v) is 4.75. The lowest BCUT2D eigenvalue weighted by molar-refractivity contribution is 0.0132. The molecule has 2 aromatic rings. The summed E-state index contributed by atoms with van der Waals surface area (Å²) in [5.74, 6) is 0.340. The molecule has 1 aromatic heterocycles. The summed E-state index contributed by atoms with van der Waals surface area (Å²) in [7, 11) is 4.55. The van der Waals surface area contributed by atoms with Gasteiger partial charge in [0, 0.05) is 50.6 Å². The fraction of sp³-hybridized carbons (Fsp3) is 0.500. The van der Waals surface area contributed by atoms with Crippen LogP contribution in [-0.4, -0.2) is 92.1 Å². The number of ether oxygens (including phenoxy) is 4. The number of rotatable bonds is 10. The van der Waals surface area contributed by atoms with Gasteiger partial charge in [-0.25, -0.2) is 9.78 Å². The molecule has 39 heavy (non-hydrogen) atoms. The lowest BCUT2D eigenvalue weighted by atomic mass is 9.91. The third kappa shape index (κ3) is 8.15. The van der Waals surface area contributed by atoms with Crippen LogP contribution >= 0.6 is 15.9 Å². The first-order valence-corrected chi connectivity index (χ1v) is 13.4. The zero-order valence-corrected chi connectivity index (χ0v) is 24.9. The minimum absolute atomic E-state index is 0.0219. The van der Waals surface area contributed by atoms with E-state index in [1.165, 1.54) is 21.3 Å². The molecule has 0 bridgehead atoms. The highest BCUT2D eigenvalue weighted by atomic mass is 79.9. The van der Waals surface area contributed by atoms with Crippen LogP contribution in [0.15, 0.2) is 34.9 Å². The molecule has 1 aliphatic rings. The molecule has 1 aliphatic heterocycles. The van der Waals surface area contributed by atoms with Crippen LogP contribution in [0.2, 0.25) is 0 Å². The number of hydrogen-bond acceptors (Lipinski definition) is 9. The van der Waals surface area contributed by atoms with Crippen LogP contribution in [0.3, 0.4) is 0 Å². The molecule has 1 atom stereocenters. The van der Waals surface area contributed by atoms with E-state index in [1.54, 1.807) is 35.2 Å². The van der Waals surface area contributed by atoms with Gasteiger partial charge in [-0.1, -0.05) is 0 Å². The molecule has 212 valence electrons. The lowest BCUT2D eigenvalue weighted by Crippen LogP contribution is -2.51. The van der Waals surface area contributed by atoms with Crippen LogP contribution < -0.4 is 14.2 Å². The lowest BCUT2D eigenvalue weighted by Gasteiger charge is -2.36. The van der Waals surface area contributed by atoms with E-state index in [0.717, 1.165) is 0 Å². The number of carbonyl (C=O) groups excluding carboxylic acids is 3. The Kier molecular flexibility index (Phi) is 10.3. The summed E-state index contributed by atoms with van der Waals surface area (Å²) in [5, 5.41) is 0. The maximum absolute atomic E-state index is 13.7. The van der Waals surface area contributed by atoms with Crippen molar-refractivity contribution in [1.29, 1.82) is 0 Å². The van der Waals surface area contributed by atoms with E-state index in [-0.39, 0.29) is 29.8 Å². The van der Waals surface area contributed by atoms with Gasteiger partial charge in [-0.3, -0.25) is 14.5 Å². The number of nitrogens with zero attached hydrogens (tertiary/aromatic N) is 3. The van der Waals surface area contributed by atoms with E-state index >= 15 is 0 Å². The van der Waals surface area contributed by atoms with Crippen LogP contribution in [0.5, 0.6) is 17.2 Å². The Labute approximate surface area is 237 Å². The second-order valence-electron chi connectivity index (χ2n) is 10.2. The van der Waals surface area contributed by atoms with Crippen molar-refractivity contribution in [3.05, 3.63) is 46.2 Å². The van der Waals surface area contributed by atoms with Crippen LogP contribution in [0, 0.1) is 5.92 Å². The van der Waals surface area contributed by atoms with Crippen LogP contribution in [0.1, 0.15) is 48.0 Å². The number of pyridine rings is 1. The summed E-state index contributed by atoms with van der Waals surface area (Å²) >= 11 is 3.34. The van der Waals surface area contributed by atoms with Crippen molar-refractivity contribution in [3.63, 3.8) is 0 Å². The standard InChI is InChI=1S/C28H36BrN3O7/c1-28(2,3)39-27(35)32-13-11-31(12-14-32)17-19(25(34)20-8-10-23(37-5)26(29)30-20)15-21(33)18-7-9-22(36-4)24(16-18)38-6/h7-10,16,19H,11-15,17H2,1-6H3. The molecule has 1 fully saturated rings.